The molecular formula is C11H12N4O2. The molecule has 88 valence electrons. The van der Waals surface area contributed by atoms with Crippen molar-refractivity contribution < 1.29 is 5.11 Å². The summed E-state index contributed by atoms with van der Waals surface area (Å²) in [5, 5.41) is 19.7. The fraction of sp³-hybridized carbons (Fsp3) is 0.182. The van der Waals surface area contributed by atoms with Crippen LogP contribution in [0.15, 0.2) is 34.2 Å². The number of aromatic amines is 1. The number of phenols is 1. The maximum Gasteiger partial charge on any atom is 0.364 e. The minimum atomic E-state index is -0.395. The standard InChI is InChI=1S/C11H12N4O2/c1-2-10-13-14-11(17)15(10)12-7-8-5-3-4-6-9(8)16/h3-7,16H,2H2,1H3,(H,14,17)/b12-7-. The highest BCUT2D eigenvalue weighted by Gasteiger charge is 2.04. The van der Waals surface area contributed by atoms with Gasteiger partial charge in [0, 0.05) is 12.0 Å². The van der Waals surface area contributed by atoms with Gasteiger partial charge in [0.25, 0.3) is 0 Å². The van der Waals surface area contributed by atoms with Crippen molar-refractivity contribution in [3.05, 3.63) is 46.1 Å². The molecule has 0 saturated heterocycles. The van der Waals surface area contributed by atoms with E-state index in [0.29, 0.717) is 17.8 Å². The van der Waals surface area contributed by atoms with Gasteiger partial charge in [-0.25, -0.2) is 9.89 Å². The molecule has 0 atom stereocenters. The molecular weight excluding hydrogens is 220 g/mol. The van der Waals surface area contributed by atoms with E-state index in [4.69, 9.17) is 0 Å². The van der Waals surface area contributed by atoms with Crippen LogP contribution in [0.2, 0.25) is 0 Å². The van der Waals surface area contributed by atoms with Gasteiger partial charge < -0.3 is 5.11 Å². The van der Waals surface area contributed by atoms with Crippen molar-refractivity contribution in [3.63, 3.8) is 0 Å². The van der Waals surface area contributed by atoms with Crippen molar-refractivity contribution in [2.75, 3.05) is 0 Å². The Hall–Kier alpha value is -2.37. The number of phenolic OH excluding ortho intramolecular Hbond substituents is 1. The molecule has 0 bridgehead atoms. The SMILES string of the molecule is CCc1n[nH]c(=O)n1/N=C\c1ccccc1O. The summed E-state index contributed by atoms with van der Waals surface area (Å²) in [5.74, 6) is 0.660. The Morgan fingerprint density at radius 2 is 2.29 bits per heavy atom. The van der Waals surface area contributed by atoms with E-state index in [1.165, 1.54) is 10.9 Å². The number of nitrogens with one attached hydrogen (secondary N) is 1. The van der Waals surface area contributed by atoms with E-state index >= 15 is 0 Å². The molecule has 6 nitrogen and oxygen atoms in total. The Morgan fingerprint density at radius 3 is 3.00 bits per heavy atom. The van der Waals surface area contributed by atoms with E-state index in [9.17, 15) is 9.90 Å². The van der Waals surface area contributed by atoms with E-state index in [2.05, 4.69) is 15.3 Å². The number of hydrogen-bond acceptors (Lipinski definition) is 4. The van der Waals surface area contributed by atoms with Gasteiger partial charge in [-0.3, -0.25) is 0 Å². The van der Waals surface area contributed by atoms with Crippen molar-refractivity contribution in [2.45, 2.75) is 13.3 Å². The van der Waals surface area contributed by atoms with Gasteiger partial charge in [0.05, 0.1) is 6.21 Å². The topological polar surface area (TPSA) is 83.3 Å². The second kappa shape index (κ2) is 4.65. The van der Waals surface area contributed by atoms with Crippen molar-refractivity contribution in [1.82, 2.24) is 14.9 Å². The van der Waals surface area contributed by atoms with Crippen molar-refractivity contribution in [1.29, 1.82) is 0 Å². The molecule has 0 aliphatic rings. The summed E-state index contributed by atoms with van der Waals surface area (Å²) in [6.45, 7) is 1.88. The predicted molar refractivity (Wildman–Crippen MR) is 63.3 cm³/mol. The second-order valence-corrected chi connectivity index (χ2v) is 3.41. The zero-order chi connectivity index (χ0) is 12.3. The summed E-state index contributed by atoms with van der Waals surface area (Å²) in [5.41, 5.74) is 0.149. The van der Waals surface area contributed by atoms with Gasteiger partial charge in [-0.05, 0) is 12.1 Å². The van der Waals surface area contributed by atoms with Crippen molar-refractivity contribution in [3.8, 4) is 5.75 Å². The zero-order valence-electron chi connectivity index (χ0n) is 9.29. The van der Waals surface area contributed by atoms with Crippen LogP contribution in [0.4, 0.5) is 0 Å². The fourth-order valence-electron chi connectivity index (χ4n) is 1.39. The van der Waals surface area contributed by atoms with Crippen LogP contribution in [0.3, 0.4) is 0 Å². The van der Waals surface area contributed by atoms with Crippen molar-refractivity contribution in [2.24, 2.45) is 5.10 Å². The van der Waals surface area contributed by atoms with E-state index in [1.807, 2.05) is 6.92 Å². The van der Waals surface area contributed by atoms with Crippen LogP contribution < -0.4 is 5.69 Å². The van der Waals surface area contributed by atoms with E-state index in [-0.39, 0.29) is 5.75 Å². The van der Waals surface area contributed by atoms with Crippen molar-refractivity contribution >= 4 is 6.21 Å². The summed E-state index contributed by atoms with van der Waals surface area (Å²) in [7, 11) is 0. The number of aromatic nitrogens is 3. The first-order chi connectivity index (χ1) is 8.22. The van der Waals surface area contributed by atoms with Gasteiger partial charge in [0.15, 0.2) is 5.82 Å². The minimum absolute atomic E-state index is 0.117. The lowest BCUT2D eigenvalue weighted by molar-refractivity contribution is 0.474. The number of hydrogen-bond donors (Lipinski definition) is 2. The van der Waals surface area contributed by atoms with Crippen LogP contribution in [-0.2, 0) is 6.42 Å². The van der Waals surface area contributed by atoms with E-state index in [1.54, 1.807) is 24.3 Å². The summed E-state index contributed by atoms with van der Waals surface area (Å²) >= 11 is 0. The molecule has 0 amide bonds. The molecule has 2 N–H and O–H groups in total. The third-order valence-electron chi connectivity index (χ3n) is 2.28. The van der Waals surface area contributed by atoms with E-state index in [0.717, 1.165) is 0 Å². The molecule has 2 rings (SSSR count). The molecule has 6 heteroatoms. The molecule has 0 spiro atoms. The van der Waals surface area contributed by atoms with Crippen LogP contribution in [0.5, 0.6) is 5.75 Å². The van der Waals surface area contributed by atoms with Gasteiger partial charge in [0.2, 0.25) is 0 Å². The Morgan fingerprint density at radius 1 is 1.53 bits per heavy atom. The van der Waals surface area contributed by atoms with Crippen LogP contribution in [0.1, 0.15) is 18.3 Å². The average Bonchev–Trinajstić information content (AvgIpc) is 2.69. The molecule has 0 unspecified atom stereocenters. The highest BCUT2D eigenvalue weighted by Crippen LogP contribution is 2.12. The highest BCUT2D eigenvalue weighted by molar-refractivity contribution is 5.83. The Bertz CT molecular complexity index is 598. The Balaban J connectivity index is 2.35. The van der Waals surface area contributed by atoms with Gasteiger partial charge >= 0.3 is 5.69 Å². The average molecular weight is 232 g/mol. The van der Waals surface area contributed by atoms with Gasteiger partial charge in [-0.1, -0.05) is 19.1 Å². The lowest BCUT2D eigenvalue weighted by Gasteiger charge is -1.97. The van der Waals surface area contributed by atoms with Gasteiger partial charge in [-0.15, -0.1) is 0 Å². The van der Waals surface area contributed by atoms with Crippen LogP contribution >= 0.6 is 0 Å². The number of para-hydroxylation sites is 1. The summed E-state index contributed by atoms with van der Waals surface area (Å²) in [6, 6.07) is 6.75. The third kappa shape index (κ3) is 2.25. The maximum atomic E-state index is 11.4. The third-order valence-corrected chi connectivity index (χ3v) is 2.28. The molecule has 0 aliphatic heterocycles. The molecule has 0 radical (unpaired) electrons. The molecule has 0 saturated carbocycles. The number of nitrogens with zero attached hydrogens (tertiary/aromatic N) is 3. The molecule has 2 aromatic rings. The number of H-pyrrole nitrogens is 1. The molecule has 0 aliphatic carbocycles. The minimum Gasteiger partial charge on any atom is -0.507 e. The van der Waals surface area contributed by atoms with E-state index < -0.39 is 5.69 Å². The lowest BCUT2D eigenvalue weighted by atomic mass is 10.2. The second-order valence-electron chi connectivity index (χ2n) is 3.41. The first-order valence-corrected chi connectivity index (χ1v) is 5.21. The number of aromatic hydroxyl groups is 1. The predicted octanol–water partition coefficient (Wildman–Crippen LogP) is 0.722. The molecule has 17 heavy (non-hydrogen) atoms. The first-order valence-electron chi connectivity index (χ1n) is 5.21. The largest absolute Gasteiger partial charge is 0.507 e. The van der Waals surface area contributed by atoms with Crippen LogP contribution in [0, 0.1) is 0 Å². The summed E-state index contributed by atoms with van der Waals surface area (Å²) < 4.78 is 1.17. The lowest BCUT2D eigenvalue weighted by Crippen LogP contribution is -2.14. The van der Waals surface area contributed by atoms with Crippen LogP contribution in [-0.4, -0.2) is 26.2 Å². The zero-order valence-corrected chi connectivity index (χ0v) is 9.29. The summed E-state index contributed by atoms with van der Waals surface area (Å²) in [6.07, 6.45) is 2.02. The Labute approximate surface area is 97.2 Å². The number of benzene rings is 1. The summed E-state index contributed by atoms with van der Waals surface area (Å²) in [4.78, 5) is 11.4. The van der Waals surface area contributed by atoms with Gasteiger partial charge in [0.1, 0.15) is 5.75 Å². The molecule has 1 heterocycles. The molecule has 0 fully saturated rings. The quantitative estimate of drug-likeness (QED) is 0.765. The van der Waals surface area contributed by atoms with Crippen LogP contribution in [0.25, 0.3) is 0 Å². The highest BCUT2D eigenvalue weighted by atomic mass is 16.3. The Kier molecular flexibility index (Phi) is 3.04. The fourth-order valence-corrected chi connectivity index (χ4v) is 1.39. The maximum absolute atomic E-state index is 11.4. The monoisotopic (exact) mass is 232 g/mol. The number of rotatable bonds is 3. The smallest absolute Gasteiger partial charge is 0.364 e. The first kappa shape index (κ1) is 11.1. The molecule has 1 aromatic carbocycles. The normalized spacial score (nSPS) is 11.1. The van der Waals surface area contributed by atoms with Gasteiger partial charge in [-0.2, -0.15) is 14.9 Å². The molecule has 1 aromatic heterocycles. The number of aryl methyl sites for hydroxylation is 1.